The van der Waals surface area contributed by atoms with Crippen LogP contribution in [0, 0.1) is 10.1 Å². The molecule has 2 aromatic carbocycles. The first-order valence-corrected chi connectivity index (χ1v) is 8.95. The van der Waals surface area contributed by atoms with Crippen LogP contribution in [0.5, 0.6) is 0 Å². The highest BCUT2D eigenvalue weighted by atomic mass is 16.6. The SMILES string of the molecule is O=C(CCCNc1ccc([N+](=O)[O-])cc1)N(Cc1ccccc1)C1CC1. The van der Waals surface area contributed by atoms with E-state index in [0.717, 1.165) is 30.5 Å². The van der Waals surface area contributed by atoms with E-state index in [9.17, 15) is 14.9 Å². The van der Waals surface area contributed by atoms with Gasteiger partial charge in [-0.05, 0) is 37.0 Å². The molecule has 0 radical (unpaired) electrons. The Hall–Kier alpha value is -2.89. The van der Waals surface area contributed by atoms with E-state index in [0.29, 0.717) is 25.6 Å². The minimum Gasteiger partial charge on any atom is -0.385 e. The molecule has 0 bridgehead atoms. The number of hydrogen-bond donors (Lipinski definition) is 1. The van der Waals surface area contributed by atoms with Crippen LogP contribution < -0.4 is 5.32 Å². The van der Waals surface area contributed by atoms with Gasteiger partial charge in [0.05, 0.1) is 4.92 Å². The highest BCUT2D eigenvalue weighted by molar-refractivity contribution is 5.77. The number of carbonyl (C=O) groups excluding carboxylic acids is 1. The zero-order valence-electron chi connectivity index (χ0n) is 14.6. The number of carbonyl (C=O) groups is 1. The third-order valence-corrected chi connectivity index (χ3v) is 4.48. The quantitative estimate of drug-likeness (QED) is 0.420. The lowest BCUT2D eigenvalue weighted by atomic mass is 10.2. The molecule has 1 fully saturated rings. The van der Waals surface area contributed by atoms with Crippen LogP contribution in [0.3, 0.4) is 0 Å². The first kappa shape index (κ1) is 17.9. The van der Waals surface area contributed by atoms with Gasteiger partial charge >= 0.3 is 0 Å². The van der Waals surface area contributed by atoms with Crippen molar-refractivity contribution in [1.82, 2.24) is 4.90 Å². The lowest BCUT2D eigenvalue weighted by Gasteiger charge is -2.22. The molecule has 136 valence electrons. The molecule has 0 spiro atoms. The number of amides is 1. The fourth-order valence-corrected chi connectivity index (χ4v) is 2.90. The van der Waals surface area contributed by atoms with Gasteiger partial charge < -0.3 is 10.2 Å². The molecule has 2 aromatic rings. The fourth-order valence-electron chi connectivity index (χ4n) is 2.90. The molecule has 0 saturated heterocycles. The average Bonchev–Trinajstić information content (AvgIpc) is 3.49. The fraction of sp³-hybridized carbons (Fsp3) is 0.350. The van der Waals surface area contributed by atoms with Gasteiger partial charge in [-0.3, -0.25) is 14.9 Å². The summed E-state index contributed by atoms with van der Waals surface area (Å²) in [5.41, 5.74) is 2.06. The van der Waals surface area contributed by atoms with Gasteiger partial charge in [0.1, 0.15) is 0 Å². The van der Waals surface area contributed by atoms with E-state index in [-0.39, 0.29) is 11.6 Å². The number of nitrogens with zero attached hydrogens (tertiary/aromatic N) is 2. The van der Waals surface area contributed by atoms with E-state index >= 15 is 0 Å². The Labute approximate surface area is 153 Å². The van der Waals surface area contributed by atoms with Crippen molar-refractivity contribution in [1.29, 1.82) is 0 Å². The van der Waals surface area contributed by atoms with Crippen molar-refractivity contribution in [3.63, 3.8) is 0 Å². The standard InChI is InChI=1S/C20H23N3O3/c24-20(22(18-12-13-18)15-16-5-2-1-3-6-16)7-4-14-21-17-8-10-19(11-9-17)23(25)26/h1-3,5-6,8-11,18,21H,4,7,12-15H2. The minimum atomic E-state index is -0.415. The van der Waals surface area contributed by atoms with Gasteiger partial charge in [0.15, 0.2) is 0 Å². The van der Waals surface area contributed by atoms with Crippen molar-refractivity contribution in [3.05, 3.63) is 70.3 Å². The summed E-state index contributed by atoms with van der Waals surface area (Å²) in [6.45, 7) is 1.34. The van der Waals surface area contributed by atoms with Gasteiger partial charge in [0.25, 0.3) is 5.69 Å². The second-order valence-corrected chi connectivity index (χ2v) is 6.57. The van der Waals surface area contributed by atoms with Gasteiger partial charge in [-0.2, -0.15) is 0 Å². The molecule has 1 N–H and O–H groups in total. The minimum absolute atomic E-state index is 0.0757. The lowest BCUT2D eigenvalue weighted by Crippen LogP contribution is -2.32. The summed E-state index contributed by atoms with van der Waals surface area (Å²) in [4.78, 5) is 24.8. The maximum absolute atomic E-state index is 12.6. The molecule has 1 aliphatic carbocycles. The van der Waals surface area contributed by atoms with E-state index in [1.54, 1.807) is 12.1 Å². The Bertz CT molecular complexity index is 743. The first-order chi connectivity index (χ1) is 12.6. The molecule has 0 aliphatic heterocycles. The van der Waals surface area contributed by atoms with Crippen molar-refractivity contribution in [2.24, 2.45) is 0 Å². The maximum Gasteiger partial charge on any atom is 0.269 e. The van der Waals surface area contributed by atoms with Gasteiger partial charge in [0.2, 0.25) is 5.91 Å². The molecule has 0 aromatic heterocycles. The molecule has 0 unspecified atom stereocenters. The number of rotatable bonds is 9. The largest absolute Gasteiger partial charge is 0.385 e. The normalized spacial score (nSPS) is 13.2. The summed E-state index contributed by atoms with van der Waals surface area (Å²) in [6.07, 6.45) is 3.43. The number of anilines is 1. The Morgan fingerprint density at radius 2 is 1.81 bits per heavy atom. The number of benzene rings is 2. The molecular formula is C20H23N3O3. The molecule has 3 rings (SSSR count). The van der Waals surface area contributed by atoms with Gasteiger partial charge in [-0.1, -0.05) is 30.3 Å². The Kier molecular flexibility index (Phi) is 5.84. The molecular weight excluding hydrogens is 330 g/mol. The van der Waals surface area contributed by atoms with Crippen LogP contribution in [-0.2, 0) is 11.3 Å². The predicted octanol–water partition coefficient (Wildman–Crippen LogP) is 3.98. The van der Waals surface area contributed by atoms with Gasteiger partial charge in [-0.25, -0.2) is 0 Å². The zero-order valence-corrected chi connectivity index (χ0v) is 14.6. The molecule has 0 atom stereocenters. The van der Waals surface area contributed by atoms with E-state index < -0.39 is 4.92 Å². The summed E-state index contributed by atoms with van der Waals surface area (Å²) in [6, 6.07) is 16.8. The van der Waals surface area contributed by atoms with Crippen molar-refractivity contribution >= 4 is 17.3 Å². The molecule has 26 heavy (non-hydrogen) atoms. The molecule has 6 heteroatoms. The second-order valence-electron chi connectivity index (χ2n) is 6.57. The van der Waals surface area contributed by atoms with Crippen LogP contribution in [0.1, 0.15) is 31.2 Å². The molecule has 1 saturated carbocycles. The van der Waals surface area contributed by atoms with Crippen molar-refractivity contribution in [3.8, 4) is 0 Å². The molecule has 0 heterocycles. The van der Waals surface area contributed by atoms with Crippen molar-refractivity contribution in [2.45, 2.75) is 38.3 Å². The Balaban J connectivity index is 1.44. The van der Waals surface area contributed by atoms with Crippen LogP contribution in [0.2, 0.25) is 0 Å². The van der Waals surface area contributed by atoms with Gasteiger partial charge in [0, 0.05) is 43.4 Å². The summed E-state index contributed by atoms with van der Waals surface area (Å²) in [5.74, 6) is 0.196. The number of non-ortho nitro benzene ring substituents is 1. The maximum atomic E-state index is 12.6. The van der Waals surface area contributed by atoms with Crippen LogP contribution >= 0.6 is 0 Å². The summed E-state index contributed by atoms with van der Waals surface area (Å²) in [5, 5.41) is 13.9. The monoisotopic (exact) mass is 353 g/mol. The number of nitrogens with one attached hydrogen (secondary N) is 1. The third kappa shape index (κ3) is 5.05. The van der Waals surface area contributed by atoms with Crippen LogP contribution in [-0.4, -0.2) is 28.3 Å². The van der Waals surface area contributed by atoms with Crippen molar-refractivity contribution in [2.75, 3.05) is 11.9 Å². The number of nitro benzene ring substituents is 1. The average molecular weight is 353 g/mol. The van der Waals surface area contributed by atoms with Crippen LogP contribution in [0.15, 0.2) is 54.6 Å². The number of hydrogen-bond acceptors (Lipinski definition) is 4. The van der Waals surface area contributed by atoms with E-state index in [1.807, 2.05) is 23.1 Å². The van der Waals surface area contributed by atoms with Crippen LogP contribution in [0.4, 0.5) is 11.4 Å². The van der Waals surface area contributed by atoms with Crippen LogP contribution in [0.25, 0.3) is 0 Å². The van der Waals surface area contributed by atoms with E-state index in [1.165, 1.54) is 12.1 Å². The zero-order chi connectivity index (χ0) is 18.4. The predicted molar refractivity (Wildman–Crippen MR) is 101 cm³/mol. The highest BCUT2D eigenvalue weighted by Crippen LogP contribution is 2.29. The third-order valence-electron chi connectivity index (χ3n) is 4.48. The Morgan fingerprint density at radius 1 is 1.12 bits per heavy atom. The molecule has 1 amide bonds. The first-order valence-electron chi connectivity index (χ1n) is 8.95. The Morgan fingerprint density at radius 3 is 2.42 bits per heavy atom. The molecule has 1 aliphatic rings. The second kappa shape index (κ2) is 8.47. The van der Waals surface area contributed by atoms with Gasteiger partial charge in [-0.15, -0.1) is 0 Å². The smallest absolute Gasteiger partial charge is 0.269 e. The van der Waals surface area contributed by atoms with E-state index in [2.05, 4.69) is 17.4 Å². The topological polar surface area (TPSA) is 75.5 Å². The molecule has 6 nitrogen and oxygen atoms in total. The highest BCUT2D eigenvalue weighted by Gasteiger charge is 2.31. The lowest BCUT2D eigenvalue weighted by molar-refractivity contribution is -0.384. The number of nitro groups is 1. The summed E-state index contributed by atoms with van der Waals surface area (Å²) in [7, 11) is 0. The summed E-state index contributed by atoms with van der Waals surface area (Å²) < 4.78 is 0. The van der Waals surface area contributed by atoms with E-state index in [4.69, 9.17) is 0 Å². The summed E-state index contributed by atoms with van der Waals surface area (Å²) >= 11 is 0. The van der Waals surface area contributed by atoms with Crippen molar-refractivity contribution < 1.29 is 9.72 Å².